The Bertz CT molecular complexity index is 581. The molecule has 1 aromatic carbocycles. The Labute approximate surface area is 90.9 Å². The van der Waals surface area contributed by atoms with Crippen LogP contribution in [0.15, 0.2) is 29.6 Å². The van der Waals surface area contributed by atoms with Gasteiger partial charge in [0.15, 0.2) is 11.5 Å². The normalized spacial score (nSPS) is 13.8. The maximum absolute atomic E-state index is 8.55. The van der Waals surface area contributed by atoms with Gasteiger partial charge in [0, 0.05) is 11.6 Å². The lowest BCUT2D eigenvalue weighted by atomic mass is 10.1. The molecule has 0 amide bonds. The molecule has 3 rings (SSSR count). The van der Waals surface area contributed by atoms with Gasteiger partial charge in [0.05, 0.1) is 11.9 Å². The average Bonchev–Trinajstić information content (AvgIpc) is 2.74. The summed E-state index contributed by atoms with van der Waals surface area (Å²) in [5.74, 6) is 1.42. The lowest BCUT2D eigenvalue weighted by molar-refractivity contribution is 0.174. The number of benzene rings is 1. The van der Waals surface area contributed by atoms with Gasteiger partial charge in [0.2, 0.25) is 6.79 Å². The number of hydrogen-bond acceptors (Lipinski definition) is 5. The van der Waals surface area contributed by atoms with Crippen molar-refractivity contribution in [3.05, 3.63) is 30.1 Å². The summed E-state index contributed by atoms with van der Waals surface area (Å²) in [5, 5.41) is 13.4. The minimum Gasteiger partial charge on any atom is -0.454 e. The highest BCUT2D eigenvalue weighted by Crippen LogP contribution is 2.36. The van der Waals surface area contributed by atoms with Crippen LogP contribution in [-0.4, -0.2) is 23.2 Å². The molecule has 5 heteroatoms. The maximum Gasteiger partial charge on any atom is 0.231 e. The fraction of sp³-hybridized carbons (Fsp3) is 0.0909. The summed E-state index contributed by atoms with van der Waals surface area (Å²) in [6.07, 6.45) is 2.95. The molecule has 0 saturated heterocycles. The molecule has 1 aliphatic heterocycles. The summed E-state index contributed by atoms with van der Waals surface area (Å²) in [7, 11) is 0. The van der Waals surface area contributed by atoms with Crippen LogP contribution >= 0.6 is 0 Å². The molecule has 0 atom stereocenters. The van der Waals surface area contributed by atoms with E-state index in [1.807, 2.05) is 18.2 Å². The molecule has 1 aromatic heterocycles. The van der Waals surface area contributed by atoms with E-state index in [-0.39, 0.29) is 6.79 Å². The van der Waals surface area contributed by atoms with Crippen molar-refractivity contribution in [2.24, 2.45) is 5.16 Å². The third-order valence-corrected chi connectivity index (χ3v) is 2.47. The van der Waals surface area contributed by atoms with Crippen LogP contribution in [0.1, 0.15) is 5.69 Å². The van der Waals surface area contributed by atoms with E-state index in [9.17, 15) is 0 Å². The van der Waals surface area contributed by atoms with Crippen molar-refractivity contribution >= 4 is 17.0 Å². The molecular weight excluding hydrogens is 208 g/mol. The van der Waals surface area contributed by atoms with E-state index < -0.39 is 0 Å². The van der Waals surface area contributed by atoms with Crippen LogP contribution < -0.4 is 9.47 Å². The first kappa shape index (κ1) is 8.96. The zero-order valence-electron chi connectivity index (χ0n) is 8.25. The quantitative estimate of drug-likeness (QED) is 0.448. The topological polar surface area (TPSA) is 63.9 Å². The zero-order valence-corrected chi connectivity index (χ0v) is 8.25. The van der Waals surface area contributed by atoms with Crippen LogP contribution in [0.25, 0.3) is 10.8 Å². The number of aromatic nitrogens is 1. The van der Waals surface area contributed by atoms with E-state index in [1.54, 1.807) is 6.20 Å². The molecule has 2 aromatic rings. The van der Waals surface area contributed by atoms with Gasteiger partial charge in [-0.05, 0) is 23.6 Å². The van der Waals surface area contributed by atoms with Gasteiger partial charge < -0.3 is 14.7 Å². The molecule has 0 aliphatic carbocycles. The lowest BCUT2D eigenvalue weighted by Crippen LogP contribution is -1.92. The van der Waals surface area contributed by atoms with E-state index in [1.165, 1.54) is 6.21 Å². The highest BCUT2D eigenvalue weighted by molar-refractivity contribution is 5.99. The molecular formula is C11H8N2O3. The lowest BCUT2D eigenvalue weighted by Gasteiger charge is -2.02. The first-order chi connectivity index (χ1) is 7.88. The summed E-state index contributed by atoms with van der Waals surface area (Å²) >= 11 is 0. The van der Waals surface area contributed by atoms with Gasteiger partial charge in [-0.1, -0.05) is 5.16 Å². The van der Waals surface area contributed by atoms with Gasteiger partial charge in [0.25, 0.3) is 0 Å². The second-order valence-electron chi connectivity index (χ2n) is 3.37. The number of rotatable bonds is 1. The Morgan fingerprint density at radius 3 is 2.94 bits per heavy atom. The fourth-order valence-electron chi connectivity index (χ4n) is 1.74. The average molecular weight is 216 g/mol. The largest absolute Gasteiger partial charge is 0.454 e. The van der Waals surface area contributed by atoms with Crippen LogP contribution in [0.2, 0.25) is 0 Å². The SMILES string of the molecule is ON=Cc1nccc2cc3c(cc12)OCO3. The Kier molecular flexibility index (Phi) is 1.89. The Balaban J connectivity index is 2.31. The van der Waals surface area contributed by atoms with Gasteiger partial charge in [0.1, 0.15) is 0 Å². The van der Waals surface area contributed by atoms with Crippen LogP contribution in [0.3, 0.4) is 0 Å². The van der Waals surface area contributed by atoms with Crippen molar-refractivity contribution in [2.75, 3.05) is 6.79 Å². The van der Waals surface area contributed by atoms with E-state index >= 15 is 0 Å². The summed E-state index contributed by atoms with van der Waals surface area (Å²) in [5.41, 5.74) is 0.596. The molecule has 1 N–H and O–H groups in total. The van der Waals surface area contributed by atoms with Crippen LogP contribution in [0.5, 0.6) is 11.5 Å². The van der Waals surface area contributed by atoms with Gasteiger partial charge >= 0.3 is 0 Å². The van der Waals surface area contributed by atoms with Crippen molar-refractivity contribution < 1.29 is 14.7 Å². The minimum atomic E-state index is 0.239. The predicted octanol–water partition coefficient (Wildman–Crippen LogP) is 1.77. The number of fused-ring (bicyclic) bond motifs is 2. The molecule has 5 nitrogen and oxygen atoms in total. The van der Waals surface area contributed by atoms with Gasteiger partial charge in [-0.2, -0.15) is 0 Å². The van der Waals surface area contributed by atoms with Gasteiger partial charge in [-0.25, -0.2) is 0 Å². The molecule has 0 saturated carbocycles. The fourth-order valence-corrected chi connectivity index (χ4v) is 1.74. The minimum absolute atomic E-state index is 0.239. The molecule has 0 radical (unpaired) electrons. The third kappa shape index (κ3) is 1.25. The monoisotopic (exact) mass is 216 g/mol. The predicted molar refractivity (Wildman–Crippen MR) is 57.2 cm³/mol. The van der Waals surface area contributed by atoms with Crippen molar-refractivity contribution in [1.29, 1.82) is 0 Å². The van der Waals surface area contributed by atoms with Crippen molar-refractivity contribution in [2.45, 2.75) is 0 Å². The second kappa shape index (κ2) is 3.37. The van der Waals surface area contributed by atoms with Gasteiger partial charge in [-0.3, -0.25) is 4.98 Å². The Hall–Kier alpha value is -2.30. The van der Waals surface area contributed by atoms with E-state index in [2.05, 4.69) is 10.1 Å². The Morgan fingerprint density at radius 2 is 2.12 bits per heavy atom. The van der Waals surface area contributed by atoms with E-state index in [0.717, 1.165) is 16.5 Å². The molecule has 0 unspecified atom stereocenters. The number of oxime groups is 1. The standard InChI is InChI=1S/C11H8N2O3/c14-13-5-9-8-4-11-10(15-6-16-11)3-7(8)1-2-12-9/h1-5,14H,6H2. The molecule has 0 bridgehead atoms. The molecule has 80 valence electrons. The summed E-state index contributed by atoms with van der Waals surface area (Å²) in [4.78, 5) is 4.12. The highest BCUT2D eigenvalue weighted by Gasteiger charge is 2.15. The third-order valence-electron chi connectivity index (χ3n) is 2.47. The first-order valence-corrected chi connectivity index (χ1v) is 4.74. The van der Waals surface area contributed by atoms with Crippen LogP contribution in [0.4, 0.5) is 0 Å². The van der Waals surface area contributed by atoms with Crippen molar-refractivity contribution in [3.8, 4) is 11.5 Å². The van der Waals surface area contributed by atoms with Crippen LogP contribution in [-0.2, 0) is 0 Å². The summed E-state index contributed by atoms with van der Waals surface area (Å²) < 4.78 is 10.6. The van der Waals surface area contributed by atoms with E-state index in [4.69, 9.17) is 14.7 Å². The second-order valence-corrected chi connectivity index (χ2v) is 3.37. The zero-order chi connectivity index (χ0) is 11.0. The molecule has 2 heterocycles. The highest BCUT2D eigenvalue weighted by atomic mass is 16.7. The number of hydrogen-bond donors (Lipinski definition) is 1. The van der Waals surface area contributed by atoms with Crippen LogP contribution in [0, 0.1) is 0 Å². The summed E-state index contributed by atoms with van der Waals surface area (Å²) in [6, 6.07) is 5.59. The number of ether oxygens (including phenoxy) is 2. The van der Waals surface area contributed by atoms with Crippen molar-refractivity contribution in [3.63, 3.8) is 0 Å². The van der Waals surface area contributed by atoms with Gasteiger partial charge in [-0.15, -0.1) is 0 Å². The smallest absolute Gasteiger partial charge is 0.231 e. The number of pyridine rings is 1. The first-order valence-electron chi connectivity index (χ1n) is 4.74. The molecule has 0 fully saturated rings. The molecule has 0 spiro atoms. The molecule has 1 aliphatic rings. The summed E-state index contributed by atoms with van der Waals surface area (Å²) in [6.45, 7) is 0.239. The Morgan fingerprint density at radius 1 is 1.31 bits per heavy atom. The number of nitrogens with zero attached hydrogens (tertiary/aromatic N) is 2. The molecule has 16 heavy (non-hydrogen) atoms. The van der Waals surface area contributed by atoms with Crippen molar-refractivity contribution in [1.82, 2.24) is 4.98 Å². The maximum atomic E-state index is 8.55. The van der Waals surface area contributed by atoms with E-state index in [0.29, 0.717) is 11.4 Å².